The maximum Gasteiger partial charge on any atom is 0.334 e. The van der Waals surface area contributed by atoms with Gasteiger partial charge in [-0.1, -0.05) is 0 Å². The number of aliphatic carboxylic acids is 1. The summed E-state index contributed by atoms with van der Waals surface area (Å²) in [5, 5.41) is 18.0. The summed E-state index contributed by atoms with van der Waals surface area (Å²) in [6.07, 6.45) is 0.678. The lowest BCUT2D eigenvalue weighted by Gasteiger charge is -2.38. The highest BCUT2D eigenvalue weighted by molar-refractivity contribution is 5.77. The standard InChI is InChI=1S/C12H20N2O5/c15-8-9-1-3-13(4-2-9)12(18)14-5-6-19-10(7-14)11(16)17/h9-10,15H,1-8H2,(H,16,17). The molecule has 2 aliphatic rings. The molecule has 0 bridgehead atoms. The molecular weight excluding hydrogens is 252 g/mol. The van der Waals surface area contributed by atoms with Gasteiger partial charge in [0.25, 0.3) is 0 Å². The highest BCUT2D eigenvalue weighted by Gasteiger charge is 2.32. The van der Waals surface area contributed by atoms with Crippen molar-refractivity contribution in [2.75, 3.05) is 39.4 Å². The summed E-state index contributed by atoms with van der Waals surface area (Å²) in [7, 11) is 0. The molecule has 19 heavy (non-hydrogen) atoms. The van der Waals surface area contributed by atoms with Crippen molar-refractivity contribution < 1.29 is 24.5 Å². The fraction of sp³-hybridized carbons (Fsp3) is 0.833. The van der Waals surface area contributed by atoms with Crippen LogP contribution < -0.4 is 0 Å². The predicted octanol–water partition coefficient (Wildman–Crippen LogP) is -0.404. The molecule has 0 aromatic carbocycles. The van der Waals surface area contributed by atoms with Crippen LogP contribution in [-0.2, 0) is 9.53 Å². The molecule has 2 N–H and O–H groups in total. The predicted molar refractivity (Wildman–Crippen MR) is 65.7 cm³/mol. The highest BCUT2D eigenvalue weighted by Crippen LogP contribution is 2.18. The van der Waals surface area contributed by atoms with Gasteiger partial charge in [-0.15, -0.1) is 0 Å². The zero-order chi connectivity index (χ0) is 13.8. The first-order chi connectivity index (χ1) is 9.11. The van der Waals surface area contributed by atoms with E-state index in [1.165, 1.54) is 0 Å². The first-order valence-electron chi connectivity index (χ1n) is 6.61. The van der Waals surface area contributed by atoms with Crippen LogP contribution in [0.3, 0.4) is 0 Å². The molecule has 2 amide bonds. The molecule has 2 heterocycles. The van der Waals surface area contributed by atoms with E-state index in [2.05, 4.69) is 0 Å². The molecule has 1 atom stereocenters. The van der Waals surface area contributed by atoms with Crippen LogP contribution in [0.1, 0.15) is 12.8 Å². The third-order valence-corrected chi connectivity index (χ3v) is 3.76. The molecule has 7 heteroatoms. The Hall–Kier alpha value is -1.34. The van der Waals surface area contributed by atoms with Gasteiger partial charge in [-0.3, -0.25) is 0 Å². The number of hydrogen-bond donors (Lipinski definition) is 2. The van der Waals surface area contributed by atoms with Crippen LogP contribution in [0.15, 0.2) is 0 Å². The zero-order valence-electron chi connectivity index (χ0n) is 10.8. The van der Waals surface area contributed by atoms with Crippen molar-refractivity contribution in [2.24, 2.45) is 5.92 Å². The number of amides is 2. The van der Waals surface area contributed by atoms with Crippen molar-refractivity contribution in [3.8, 4) is 0 Å². The average Bonchev–Trinajstić information content (AvgIpc) is 2.46. The number of carboxylic acids is 1. The summed E-state index contributed by atoms with van der Waals surface area (Å²) in [6.45, 7) is 2.21. The van der Waals surface area contributed by atoms with Crippen molar-refractivity contribution in [1.29, 1.82) is 0 Å². The van der Waals surface area contributed by atoms with Crippen LogP contribution in [-0.4, -0.2) is 77.5 Å². The smallest absolute Gasteiger partial charge is 0.334 e. The molecule has 2 fully saturated rings. The fourth-order valence-corrected chi connectivity index (χ4v) is 2.48. The highest BCUT2D eigenvalue weighted by atomic mass is 16.5. The van der Waals surface area contributed by atoms with Crippen LogP contribution in [0.4, 0.5) is 4.79 Å². The van der Waals surface area contributed by atoms with Crippen molar-refractivity contribution in [1.82, 2.24) is 9.80 Å². The summed E-state index contributed by atoms with van der Waals surface area (Å²) in [4.78, 5) is 26.4. The van der Waals surface area contributed by atoms with Crippen molar-refractivity contribution in [2.45, 2.75) is 18.9 Å². The average molecular weight is 272 g/mol. The van der Waals surface area contributed by atoms with Crippen molar-refractivity contribution >= 4 is 12.0 Å². The van der Waals surface area contributed by atoms with Gasteiger partial charge in [0, 0.05) is 26.2 Å². The van der Waals surface area contributed by atoms with Crippen molar-refractivity contribution in [3.63, 3.8) is 0 Å². The number of morpholine rings is 1. The number of urea groups is 1. The second kappa shape index (κ2) is 6.21. The molecule has 0 aromatic heterocycles. The third kappa shape index (κ3) is 3.36. The van der Waals surface area contributed by atoms with Crippen LogP contribution in [0.5, 0.6) is 0 Å². The number of rotatable bonds is 2. The Bertz CT molecular complexity index is 341. The van der Waals surface area contributed by atoms with Gasteiger partial charge >= 0.3 is 12.0 Å². The quantitative estimate of drug-likeness (QED) is 0.713. The summed E-state index contributed by atoms with van der Waals surface area (Å²) < 4.78 is 5.10. The number of aliphatic hydroxyl groups is 1. The lowest BCUT2D eigenvalue weighted by molar-refractivity contribution is -0.154. The molecule has 0 spiro atoms. The first-order valence-corrected chi connectivity index (χ1v) is 6.61. The van der Waals surface area contributed by atoms with Gasteiger partial charge in [0.2, 0.25) is 0 Å². The monoisotopic (exact) mass is 272 g/mol. The molecule has 2 saturated heterocycles. The van der Waals surface area contributed by atoms with E-state index in [0.29, 0.717) is 19.6 Å². The Morgan fingerprint density at radius 3 is 2.42 bits per heavy atom. The minimum atomic E-state index is -1.03. The lowest BCUT2D eigenvalue weighted by Crippen LogP contribution is -2.54. The number of hydrogen-bond acceptors (Lipinski definition) is 4. The number of carbonyl (C=O) groups excluding carboxylic acids is 1. The summed E-state index contributed by atoms with van der Waals surface area (Å²) in [6, 6.07) is -0.120. The van der Waals surface area contributed by atoms with E-state index in [0.717, 1.165) is 12.8 Å². The first kappa shape index (κ1) is 14.1. The molecule has 2 aliphatic heterocycles. The minimum absolute atomic E-state index is 0.105. The number of ether oxygens (including phenoxy) is 1. The van der Waals surface area contributed by atoms with Crippen molar-refractivity contribution in [3.05, 3.63) is 0 Å². The summed E-state index contributed by atoms with van der Waals surface area (Å²) in [5.41, 5.74) is 0. The molecule has 0 aliphatic carbocycles. The molecule has 1 unspecified atom stereocenters. The molecule has 7 nitrogen and oxygen atoms in total. The van der Waals surface area contributed by atoms with Gasteiger partial charge in [0.15, 0.2) is 6.10 Å². The van der Waals surface area contributed by atoms with E-state index in [-0.39, 0.29) is 31.7 Å². The normalized spacial score (nSPS) is 25.4. The summed E-state index contributed by atoms with van der Waals surface area (Å²) >= 11 is 0. The van der Waals surface area contributed by atoms with E-state index < -0.39 is 12.1 Å². The van der Waals surface area contributed by atoms with Crippen LogP contribution in [0.25, 0.3) is 0 Å². The van der Waals surface area contributed by atoms with Crippen LogP contribution >= 0.6 is 0 Å². The number of aliphatic hydroxyl groups excluding tert-OH is 1. The maximum atomic E-state index is 12.3. The van der Waals surface area contributed by atoms with E-state index in [1.54, 1.807) is 9.80 Å². The third-order valence-electron chi connectivity index (χ3n) is 3.76. The van der Waals surface area contributed by atoms with Gasteiger partial charge in [0.1, 0.15) is 0 Å². The Labute approximate surface area is 111 Å². The Kier molecular flexibility index (Phi) is 4.60. The minimum Gasteiger partial charge on any atom is -0.479 e. The van der Waals surface area contributed by atoms with Gasteiger partial charge in [-0.2, -0.15) is 0 Å². The zero-order valence-corrected chi connectivity index (χ0v) is 10.8. The van der Waals surface area contributed by atoms with E-state index in [1.807, 2.05) is 0 Å². The van der Waals surface area contributed by atoms with Crippen LogP contribution in [0.2, 0.25) is 0 Å². The van der Waals surface area contributed by atoms with Crippen LogP contribution in [0, 0.1) is 5.92 Å². The van der Waals surface area contributed by atoms with Gasteiger partial charge in [-0.25, -0.2) is 9.59 Å². The molecule has 0 saturated carbocycles. The molecule has 108 valence electrons. The van der Waals surface area contributed by atoms with Gasteiger partial charge in [-0.05, 0) is 18.8 Å². The number of nitrogens with zero attached hydrogens (tertiary/aromatic N) is 2. The SMILES string of the molecule is O=C(O)C1CN(C(=O)N2CCC(CO)CC2)CCO1. The number of piperidine rings is 1. The molecule has 0 radical (unpaired) electrons. The second-order valence-electron chi connectivity index (χ2n) is 5.04. The second-order valence-corrected chi connectivity index (χ2v) is 5.04. The molecular formula is C12H20N2O5. The Balaban J connectivity index is 1.87. The fourth-order valence-electron chi connectivity index (χ4n) is 2.48. The number of carboxylic acid groups (broad SMARTS) is 1. The topological polar surface area (TPSA) is 90.3 Å². The Morgan fingerprint density at radius 1 is 1.16 bits per heavy atom. The molecule has 0 aromatic rings. The van der Waals surface area contributed by atoms with E-state index in [4.69, 9.17) is 14.9 Å². The van der Waals surface area contributed by atoms with E-state index >= 15 is 0 Å². The van der Waals surface area contributed by atoms with E-state index in [9.17, 15) is 9.59 Å². The number of likely N-dealkylation sites (tertiary alicyclic amines) is 1. The van der Waals surface area contributed by atoms with Gasteiger partial charge in [0.05, 0.1) is 13.2 Å². The lowest BCUT2D eigenvalue weighted by atomic mass is 9.98. The molecule has 2 rings (SSSR count). The van der Waals surface area contributed by atoms with Gasteiger partial charge < -0.3 is 24.7 Å². The number of carbonyl (C=O) groups is 2. The largest absolute Gasteiger partial charge is 0.479 e. The summed E-state index contributed by atoms with van der Waals surface area (Å²) in [5.74, 6) is -0.753. The Morgan fingerprint density at radius 2 is 1.84 bits per heavy atom. The maximum absolute atomic E-state index is 12.3.